The van der Waals surface area contributed by atoms with Crippen molar-refractivity contribution in [2.45, 2.75) is 38.0 Å². The first kappa shape index (κ1) is 26.1. The molecule has 0 aliphatic carbocycles. The first-order valence-electron chi connectivity index (χ1n) is 9.77. The van der Waals surface area contributed by atoms with Crippen LogP contribution < -0.4 is 10.2 Å². The van der Waals surface area contributed by atoms with Crippen molar-refractivity contribution in [1.29, 1.82) is 0 Å². The number of alkyl halides is 3. The normalized spacial score (nSPS) is 17.3. The zero-order valence-electron chi connectivity index (χ0n) is 17.2. The van der Waals surface area contributed by atoms with E-state index in [4.69, 9.17) is 4.74 Å². The van der Waals surface area contributed by atoms with Crippen molar-refractivity contribution < 1.29 is 46.6 Å². The molecule has 0 saturated carbocycles. The van der Waals surface area contributed by atoms with Gasteiger partial charge in [-0.3, -0.25) is 19.1 Å². The maximum Gasteiger partial charge on any atom is 0.471 e. The van der Waals surface area contributed by atoms with Gasteiger partial charge in [0.25, 0.3) is 0 Å². The second kappa shape index (κ2) is 10.6. The van der Waals surface area contributed by atoms with Gasteiger partial charge in [0.1, 0.15) is 12.3 Å². The number of piperidine rings is 1. The van der Waals surface area contributed by atoms with E-state index >= 15 is 0 Å². The molecule has 1 aliphatic heterocycles. The van der Waals surface area contributed by atoms with Gasteiger partial charge >= 0.3 is 31.2 Å². The van der Waals surface area contributed by atoms with Crippen molar-refractivity contribution >= 4 is 19.5 Å². The summed E-state index contributed by atoms with van der Waals surface area (Å²) in [4.78, 5) is 44.5. The summed E-state index contributed by atoms with van der Waals surface area (Å²) in [5.74, 6) is -4.24. The van der Waals surface area contributed by atoms with Crippen LogP contribution in [0.15, 0.2) is 30.3 Å². The number of hydrogen-bond donors (Lipinski definition) is 3. The van der Waals surface area contributed by atoms with Gasteiger partial charge < -0.3 is 19.3 Å². The Morgan fingerprint density at radius 1 is 1.16 bits per heavy atom. The molecule has 0 radical (unpaired) electrons. The highest BCUT2D eigenvalue weighted by molar-refractivity contribution is 7.53. The fraction of sp³-hybridized carbons (Fsp3) is 0.556. The van der Waals surface area contributed by atoms with E-state index in [1.54, 1.807) is 6.07 Å². The van der Waals surface area contributed by atoms with Crippen molar-refractivity contribution in [1.82, 2.24) is 15.3 Å². The van der Waals surface area contributed by atoms with Crippen LogP contribution in [0.4, 0.5) is 13.2 Å². The summed E-state index contributed by atoms with van der Waals surface area (Å²) in [5, 5.41) is 1.26. The number of hydrogen-bond acceptors (Lipinski definition) is 7. The smallest absolute Gasteiger partial charge is 0.465 e. The second-order valence-electron chi connectivity index (χ2n) is 6.92. The lowest BCUT2D eigenvalue weighted by Crippen LogP contribution is -2.70. The van der Waals surface area contributed by atoms with Crippen molar-refractivity contribution in [2.75, 3.05) is 26.2 Å². The maximum absolute atomic E-state index is 13.5. The van der Waals surface area contributed by atoms with Gasteiger partial charge in [-0.15, -0.1) is 0 Å². The standard InChI is InChI=1S/C18H25F3N3O7P/c1-2-30-15(25)13-24(16(26)17(19,20)21)18(32(27,28)29,22-23-11-7-4-8-12-23)31-14-9-5-3-6-10-14/h3,5-6,9-10,22H,2,4,7-8,11-13H2,1H3,(H2,27,28,29). The average Bonchev–Trinajstić information content (AvgIpc) is 2.71. The SMILES string of the molecule is CCOC(=O)CN(C(=O)C(F)(F)F)C(NN1CCCCC1)(Oc1ccccc1)P(=O)(O)O. The van der Waals surface area contributed by atoms with E-state index < -0.39 is 37.8 Å². The van der Waals surface area contributed by atoms with Crippen LogP contribution in [0, 0.1) is 0 Å². The Bertz CT molecular complexity index is 831. The summed E-state index contributed by atoms with van der Waals surface area (Å²) in [7, 11) is -5.77. The quantitative estimate of drug-likeness (QED) is 0.274. The van der Waals surface area contributed by atoms with E-state index in [0.717, 1.165) is 6.42 Å². The zero-order chi connectivity index (χ0) is 24.0. The molecule has 180 valence electrons. The molecule has 1 saturated heterocycles. The number of nitrogens with one attached hydrogen (secondary N) is 1. The Morgan fingerprint density at radius 3 is 2.25 bits per heavy atom. The largest absolute Gasteiger partial charge is 0.471 e. The zero-order valence-corrected chi connectivity index (χ0v) is 18.1. The number of carbonyl (C=O) groups excluding carboxylic acids is 2. The summed E-state index contributed by atoms with van der Waals surface area (Å²) >= 11 is 0. The molecule has 1 amide bonds. The Kier molecular flexibility index (Phi) is 8.66. The molecule has 32 heavy (non-hydrogen) atoms. The highest BCUT2D eigenvalue weighted by atomic mass is 31.2. The van der Waals surface area contributed by atoms with Crippen LogP contribution in [0.2, 0.25) is 0 Å². The number of esters is 1. The molecule has 1 aromatic rings. The molecule has 1 fully saturated rings. The molecule has 1 unspecified atom stereocenters. The summed E-state index contributed by atoms with van der Waals surface area (Å²) in [6, 6.07) is 6.86. The van der Waals surface area contributed by atoms with Crippen LogP contribution in [0.5, 0.6) is 5.75 Å². The molecule has 14 heteroatoms. The number of para-hydroxylation sites is 1. The topological polar surface area (TPSA) is 129 Å². The third kappa shape index (κ3) is 6.42. The summed E-state index contributed by atoms with van der Waals surface area (Å²) in [6.07, 6.45) is -3.60. The lowest BCUT2D eigenvalue weighted by Gasteiger charge is -2.45. The number of nitrogens with zero attached hydrogens (tertiary/aromatic N) is 2. The Hall–Kier alpha value is -2.18. The molecule has 2 rings (SSSR count). The minimum atomic E-state index is -5.77. The Balaban J connectivity index is 2.65. The minimum Gasteiger partial charge on any atom is -0.465 e. The molecule has 3 N–H and O–H groups in total. The fourth-order valence-corrected chi connectivity index (χ4v) is 4.06. The van der Waals surface area contributed by atoms with Crippen LogP contribution in [-0.4, -0.2) is 69.6 Å². The van der Waals surface area contributed by atoms with Gasteiger partial charge in [-0.2, -0.15) is 18.6 Å². The molecule has 1 atom stereocenters. The number of carbonyl (C=O) groups is 2. The number of hydrazine groups is 1. The van der Waals surface area contributed by atoms with E-state index in [1.807, 2.05) is 0 Å². The average molecular weight is 483 g/mol. The molecular weight excluding hydrogens is 458 g/mol. The fourth-order valence-electron chi connectivity index (χ4n) is 3.09. The van der Waals surface area contributed by atoms with E-state index in [1.165, 1.54) is 36.2 Å². The van der Waals surface area contributed by atoms with Gasteiger partial charge in [0.2, 0.25) is 0 Å². The first-order valence-corrected chi connectivity index (χ1v) is 11.4. The number of ether oxygens (including phenoxy) is 2. The third-order valence-electron chi connectivity index (χ3n) is 4.50. The van der Waals surface area contributed by atoms with E-state index in [-0.39, 0.29) is 30.3 Å². The predicted molar refractivity (Wildman–Crippen MR) is 105 cm³/mol. The Morgan fingerprint density at radius 2 is 1.75 bits per heavy atom. The lowest BCUT2D eigenvalue weighted by molar-refractivity contribution is -0.207. The molecule has 1 aliphatic rings. The number of amides is 1. The van der Waals surface area contributed by atoms with E-state index in [9.17, 15) is 37.1 Å². The van der Waals surface area contributed by atoms with Gasteiger partial charge in [0.15, 0.2) is 0 Å². The van der Waals surface area contributed by atoms with Gasteiger partial charge in [0, 0.05) is 13.1 Å². The van der Waals surface area contributed by atoms with E-state index in [0.29, 0.717) is 12.8 Å². The molecule has 0 bridgehead atoms. The highest BCUT2D eigenvalue weighted by Crippen LogP contribution is 2.52. The molecule has 1 heterocycles. The summed E-state index contributed by atoms with van der Waals surface area (Å²) in [5.41, 5.74) is -1.07. The summed E-state index contributed by atoms with van der Waals surface area (Å²) in [6.45, 7) is 0.164. The lowest BCUT2D eigenvalue weighted by atomic mass is 10.2. The van der Waals surface area contributed by atoms with Crippen LogP contribution in [-0.2, 0) is 18.9 Å². The molecule has 1 aromatic carbocycles. The molecule has 0 spiro atoms. The van der Waals surface area contributed by atoms with Crippen LogP contribution in [0.25, 0.3) is 0 Å². The number of halogens is 3. The molecule has 0 aromatic heterocycles. The number of benzene rings is 1. The van der Waals surface area contributed by atoms with Crippen molar-refractivity contribution in [3.63, 3.8) is 0 Å². The van der Waals surface area contributed by atoms with Crippen molar-refractivity contribution in [2.24, 2.45) is 0 Å². The highest BCUT2D eigenvalue weighted by Gasteiger charge is 2.62. The minimum absolute atomic E-state index is 0.216. The molecular formula is C18H25F3N3O7P. The van der Waals surface area contributed by atoms with Gasteiger partial charge in [-0.05, 0) is 31.9 Å². The first-order chi connectivity index (χ1) is 14.9. The second-order valence-corrected chi connectivity index (χ2v) is 8.62. The van der Waals surface area contributed by atoms with Gasteiger partial charge in [-0.25, -0.2) is 5.01 Å². The maximum atomic E-state index is 13.5. The van der Waals surface area contributed by atoms with Crippen LogP contribution in [0.3, 0.4) is 0 Å². The van der Waals surface area contributed by atoms with E-state index in [2.05, 4.69) is 10.2 Å². The van der Waals surface area contributed by atoms with Crippen LogP contribution in [0.1, 0.15) is 26.2 Å². The molecule has 10 nitrogen and oxygen atoms in total. The predicted octanol–water partition coefficient (Wildman–Crippen LogP) is 1.80. The van der Waals surface area contributed by atoms with Crippen molar-refractivity contribution in [3.8, 4) is 5.75 Å². The van der Waals surface area contributed by atoms with Crippen LogP contribution >= 0.6 is 7.60 Å². The number of rotatable bonds is 9. The Labute approximate surface area is 182 Å². The monoisotopic (exact) mass is 483 g/mol. The third-order valence-corrected chi connectivity index (χ3v) is 5.73. The van der Waals surface area contributed by atoms with Crippen molar-refractivity contribution in [3.05, 3.63) is 30.3 Å². The van der Waals surface area contributed by atoms with Gasteiger partial charge in [0.05, 0.1) is 6.61 Å². The summed E-state index contributed by atoms with van der Waals surface area (Å²) < 4.78 is 63.2. The van der Waals surface area contributed by atoms with Gasteiger partial charge in [-0.1, -0.05) is 24.6 Å².